The molecule has 5 nitrogen and oxygen atoms in total. The molecule has 2 rings (SSSR count). The molecule has 1 atom stereocenters. The van der Waals surface area contributed by atoms with E-state index in [4.69, 9.17) is 4.74 Å². The number of carbonyl (C=O) groups excluding carboxylic acids is 2. The smallest absolute Gasteiger partial charge is 0.261 e. The number of carbonyl (C=O) groups is 2. The number of ether oxygens (including phenoxy) is 1. The minimum atomic E-state index is -0.589. The SMILES string of the molecule is CCCNC(=O)[C@H](C)N(Cc1ccc(C)cc1)C(=O)COc1ccc(Br)cc1. The molecule has 2 aromatic rings. The number of hydrogen-bond acceptors (Lipinski definition) is 3. The lowest BCUT2D eigenvalue weighted by molar-refractivity contribution is -0.142. The fourth-order valence-electron chi connectivity index (χ4n) is 2.63. The Balaban J connectivity index is 2.10. The van der Waals surface area contributed by atoms with Crippen LogP contribution >= 0.6 is 15.9 Å². The summed E-state index contributed by atoms with van der Waals surface area (Å²) >= 11 is 3.37. The summed E-state index contributed by atoms with van der Waals surface area (Å²) in [6.07, 6.45) is 0.844. The van der Waals surface area contributed by atoms with Crippen molar-refractivity contribution < 1.29 is 14.3 Å². The molecular formula is C22H27BrN2O3. The molecule has 0 aliphatic rings. The van der Waals surface area contributed by atoms with Gasteiger partial charge in [0.2, 0.25) is 5.91 Å². The first-order valence-electron chi connectivity index (χ1n) is 9.41. The Labute approximate surface area is 175 Å². The van der Waals surface area contributed by atoms with E-state index in [1.807, 2.05) is 50.2 Å². The van der Waals surface area contributed by atoms with E-state index in [9.17, 15) is 9.59 Å². The van der Waals surface area contributed by atoms with E-state index in [2.05, 4.69) is 21.2 Å². The van der Waals surface area contributed by atoms with Crippen molar-refractivity contribution in [2.24, 2.45) is 0 Å². The van der Waals surface area contributed by atoms with Crippen LogP contribution in [0.1, 0.15) is 31.4 Å². The molecule has 0 heterocycles. The van der Waals surface area contributed by atoms with E-state index in [1.165, 1.54) is 0 Å². The zero-order chi connectivity index (χ0) is 20.5. The predicted octanol–water partition coefficient (Wildman–Crippen LogP) is 4.08. The highest BCUT2D eigenvalue weighted by atomic mass is 79.9. The zero-order valence-corrected chi connectivity index (χ0v) is 18.2. The standard InChI is InChI=1S/C22H27BrN2O3/c1-4-13-24-22(27)17(3)25(14-18-7-5-16(2)6-8-18)21(26)15-28-20-11-9-19(23)10-12-20/h5-12,17H,4,13-15H2,1-3H3,(H,24,27)/t17-/m0/s1. The van der Waals surface area contributed by atoms with Gasteiger partial charge >= 0.3 is 0 Å². The molecule has 28 heavy (non-hydrogen) atoms. The van der Waals surface area contributed by atoms with Gasteiger partial charge in [-0.15, -0.1) is 0 Å². The monoisotopic (exact) mass is 446 g/mol. The minimum Gasteiger partial charge on any atom is -0.484 e. The van der Waals surface area contributed by atoms with Crippen LogP contribution in [0.2, 0.25) is 0 Å². The lowest BCUT2D eigenvalue weighted by Gasteiger charge is -2.28. The highest BCUT2D eigenvalue weighted by Crippen LogP contribution is 2.17. The van der Waals surface area contributed by atoms with Crippen LogP contribution < -0.4 is 10.1 Å². The number of rotatable bonds is 9. The Morgan fingerprint density at radius 3 is 2.36 bits per heavy atom. The van der Waals surface area contributed by atoms with Crippen LogP contribution in [-0.4, -0.2) is 35.9 Å². The summed E-state index contributed by atoms with van der Waals surface area (Å²) in [4.78, 5) is 26.9. The third-order valence-corrected chi connectivity index (χ3v) is 4.89. The van der Waals surface area contributed by atoms with E-state index in [0.717, 1.165) is 22.0 Å². The lowest BCUT2D eigenvalue weighted by atomic mass is 10.1. The van der Waals surface area contributed by atoms with Crippen molar-refractivity contribution in [2.75, 3.05) is 13.2 Å². The number of halogens is 1. The second-order valence-corrected chi connectivity index (χ2v) is 7.63. The number of amides is 2. The average Bonchev–Trinajstić information content (AvgIpc) is 2.70. The first-order valence-corrected chi connectivity index (χ1v) is 10.2. The molecule has 0 radical (unpaired) electrons. The summed E-state index contributed by atoms with van der Waals surface area (Å²) in [5, 5.41) is 2.86. The molecule has 0 aliphatic carbocycles. The first kappa shape index (κ1) is 22.0. The molecule has 0 bridgehead atoms. The quantitative estimate of drug-likeness (QED) is 0.630. The Hall–Kier alpha value is -2.34. The molecule has 150 valence electrons. The van der Waals surface area contributed by atoms with Gasteiger partial charge in [-0.1, -0.05) is 52.7 Å². The van der Waals surface area contributed by atoms with Crippen molar-refractivity contribution in [3.63, 3.8) is 0 Å². The van der Waals surface area contributed by atoms with Crippen molar-refractivity contribution >= 4 is 27.7 Å². The highest BCUT2D eigenvalue weighted by Gasteiger charge is 2.26. The van der Waals surface area contributed by atoms with Crippen LogP contribution in [0.25, 0.3) is 0 Å². The molecule has 0 unspecified atom stereocenters. The summed E-state index contributed by atoms with van der Waals surface area (Å²) in [6, 6.07) is 14.6. The third-order valence-electron chi connectivity index (χ3n) is 4.37. The van der Waals surface area contributed by atoms with Crippen molar-refractivity contribution in [2.45, 2.75) is 39.8 Å². The summed E-state index contributed by atoms with van der Waals surface area (Å²) in [7, 11) is 0. The van der Waals surface area contributed by atoms with Crippen molar-refractivity contribution in [1.82, 2.24) is 10.2 Å². The molecule has 0 saturated carbocycles. The highest BCUT2D eigenvalue weighted by molar-refractivity contribution is 9.10. The topological polar surface area (TPSA) is 58.6 Å². The fourth-order valence-corrected chi connectivity index (χ4v) is 2.89. The van der Waals surface area contributed by atoms with Crippen molar-refractivity contribution in [3.05, 3.63) is 64.1 Å². The van der Waals surface area contributed by atoms with Gasteiger partial charge in [0.25, 0.3) is 5.91 Å². The second kappa shape index (κ2) is 10.9. The van der Waals surface area contributed by atoms with Crippen LogP contribution in [0, 0.1) is 6.92 Å². The summed E-state index contributed by atoms with van der Waals surface area (Å²) in [5.41, 5.74) is 2.12. The number of nitrogens with one attached hydrogen (secondary N) is 1. The van der Waals surface area contributed by atoms with E-state index in [-0.39, 0.29) is 18.4 Å². The van der Waals surface area contributed by atoms with E-state index in [0.29, 0.717) is 18.8 Å². The van der Waals surface area contributed by atoms with Gasteiger partial charge in [-0.25, -0.2) is 0 Å². The van der Waals surface area contributed by atoms with E-state index in [1.54, 1.807) is 24.0 Å². The Bertz CT molecular complexity index is 775. The van der Waals surface area contributed by atoms with Gasteiger partial charge in [-0.3, -0.25) is 9.59 Å². The Kier molecular flexibility index (Phi) is 8.51. The largest absolute Gasteiger partial charge is 0.484 e. The average molecular weight is 447 g/mol. The van der Waals surface area contributed by atoms with Crippen LogP contribution in [0.5, 0.6) is 5.75 Å². The number of hydrogen-bond donors (Lipinski definition) is 1. The fraction of sp³-hybridized carbons (Fsp3) is 0.364. The first-order chi connectivity index (χ1) is 13.4. The minimum absolute atomic E-state index is 0.126. The summed E-state index contributed by atoms with van der Waals surface area (Å²) < 4.78 is 6.57. The molecule has 0 aromatic heterocycles. The number of nitrogens with zero attached hydrogens (tertiary/aromatic N) is 1. The zero-order valence-electron chi connectivity index (χ0n) is 16.6. The molecule has 6 heteroatoms. The Morgan fingerprint density at radius 2 is 1.75 bits per heavy atom. The number of aryl methyl sites for hydroxylation is 1. The molecule has 0 fully saturated rings. The Morgan fingerprint density at radius 1 is 1.11 bits per heavy atom. The van der Waals surface area contributed by atoms with Crippen molar-refractivity contribution in [1.29, 1.82) is 0 Å². The maximum absolute atomic E-state index is 12.9. The third kappa shape index (κ3) is 6.68. The van der Waals surface area contributed by atoms with Crippen molar-refractivity contribution in [3.8, 4) is 5.75 Å². The molecule has 2 aromatic carbocycles. The molecule has 0 saturated heterocycles. The lowest BCUT2D eigenvalue weighted by Crippen LogP contribution is -2.49. The summed E-state index contributed by atoms with van der Waals surface area (Å²) in [6.45, 7) is 6.57. The molecule has 1 N–H and O–H groups in total. The van der Waals surface area contributed by atoms with Gasteiger partial charge in [-0.05, 0) is 50.1 Å². The van der Waals surface area contributed by atoms with Gasteiger partial charge in [0.1, 0.15) is 11.8 Å². The van der Waals surface area contributed by atoms with E-state index < -0.39 is 6.04 Å². The predicted molar refractivity (Wildman–Crippen MR) is 114 cm³/mol. The molecule has 0 aliphatic heterocycles. The van der Waals surface area contributed by atoms with Crippen LogP contribution in [-0.2, 0) is 16.1 Å². The van der Waals surface area contributed by atoms with Crippen LogP contribution in [0.4, 0.5) is 0 Å². The molecule has 2 amide bonds. The molecular weight excluding hydrogens is 420 g/mol. The van der Waals surface area contributed by atoms with Gasteiger partial charge in [0, 0.05) is 17.6 Å². The van der Waals surface area contributed by atoms with Gasteiger partial charge in [-0.2, -0.15) is 0 Å². The second-order valence-electron chi connectivity index (χ2n) is 6.72. The van der Waals surface area contributed by atoms with Gasteiger partial charge in [0.05, 0.1) is 0 Å². The van der Waals surface area contributed by atoms with E-state index >= 15 is 0 Å². The normalized spacial score (nSPS) is 11.6. The van der Waals surface area contributed by atoms with Gasteiger partial charge in [0.15, 0.2) is 6.61 Å². The number of benzene rings is 2. The maximum atomic E-state index is 12.9. The maximum Gasteiger partial charge on any atom is 0.261 e. The molecule has 0 spiro atoms. The van der Waals surface area contributed by atoms with Crippen LogP contribution in [0.15, 0.2) is 53.0 Å². The van der Waals surface area contributed by atoms with Crippen LogP contribution in [0.3, 0.4) is 0 Å². The summed E-state index contributed by atoms with van der Waals surface area (Å²) in [5.74, 6) is 0.212. The van der Waals surface area contributed by atoms with Gasteiger partial charge < -0.3 is 15.0 Å².